The van der Waals surface area contributed by atoms with Gasteiger partial charge in [0.05, 0.1) is 12.7 Å². The van der Waals surface area contributed by atoms with Gasteiger partial charge in [-0.15, -0.1) is 0 Å². The summed E-state index contributed by atoms with van der Waals surface area (Å²) in [4.78, 5) is 11.3. The third kappa shape index (κ3) is 2.25. The second kappa shape index (κ2) is 5.00. The quantitative estimate of drug-likeness (QED) is 0.755. The zero-order valence-electron chi connectivity index (χ0n) is 10.2. The van der Waals surface area contributed by atoms with Gasteiger partial charge in [-0.3, -0.25) is 0 Å². The Bertz CT molecular complexity index is 574. The van der Waals surface area contributed by atoms with Gasteiger partial charge in [0.25, 0.3) is 0 Å². The van der Waals surface area contributed by atoms with Crippen LogP contribution in [0.3, 0.4) is 0 Å². The van der Waals surface area contributed by atoms with Crippen molar-refractivity contribution in [1.82, 2.24) is 0 Å². The van der Waals surface area contributed by atoms with Gasteiger partial charge in [-0.25, -0.2) is 9.18 Å². The topological polar surface area (TPSA) is 26.3 Å². The lowest BCUT2D eigenvalue weighted by Crippen LogP contribution is -2.00. The SMILES string of the molecule is COC(=O)c1ccc(-c2cccc(C)c2F)cc1. The van der Waals surface area contributed by atoms with Crippen molar-refractivity contribution in [2.75, 3.05) is 7.11 Å². The Balaban J connectivity index is 2.40. The third-order valence-corrected chi connectivity index (χ3v) is 2.81. The maximum atomic E-state index is 13.9. The van der Waals surface area contributed by atoms with Crippen molar-refractivity contribution in [1.29, 1.82) is 0 Å². The van der Waals surface area contributed by atoms with Crippen LogP contribution in [0.25, 0.3) is 11.1 Å². The van der Waals surface area contributed by atoms with Gasteiger partial charge in [0.1, 0.15) is 5.82 Å². The number of carbonyl (C=O) groups excluding carboxylic acids is 1. The van der Waals surface area contributed by atoms with E-state index in [1.807, 2.05) is 6.07 Å². The summed E-state index contributed by atoms with van der Waals surface area (Å²) in [6.07, 6.45) is 0. The number of rotatable bonds is 2. The van der Waals surface area contributed by atoms with E-state index >= 15 is 0 Å². The van der Waals surface area contributed by atoms with Gasteiger partial charge < -0.3 is 4.74 Å². The fourth-order valence-corrected chi connectivity index (χ4v) is 1.77. The molecule has 18 heavy (non-hydrogen) atoms. The van der Waals surface area contributed by atoms with Gasteiger partial charge in [-0.2, -0.15) is 0 Å². The summed E-state index contributed by atoms with van der Waals surface area (Å²) in [6.45, 7) is 1.72. The number of aryl methyl sites for hydroxylation is 1. The van der Waals surface area contributed by atoms with Crippen LogP contribution >= 0.6 is 0 Å². The number of esters is 1. The predicted octanol–water partition coefficient (Wildman–Crippen LogP) is 3.59. The van der Waals surface area contributed by atoms with Gasteiger partial charge in [0.15, 0.2) is 0 Å². The highest BCUT2D eigenvalue weighted by molar-refractivity contribution is 5.90. The minimum atomic E-state index is -0.397. The molecule has 0 bridgehead atoms. The maximum absolute atomic E-state index is 13.9. The molecule has 3 heteroatoms. The molecule has 0 aliphatic rings. The summed E-state index contributed by atoms with van der Waals surface area (Å²) in [5, 5.41) is 0. The first-order chi connectivity index (χ1) is 8.63. The lowest BCUT2D eigenvalue weighted by atomic mass is 10.0. The molecule has 0 atom stereocenters. The molecule has 0 spiro atoms. The van der Waals surface area contributed by atoms with E-state index in [-0.39, 0.29) is 5.82 Å². The number of carbonyl (C=O) groups is 1. The number of methoxy groups -OCH3 is 1. The van der Waals surface area contributed by atoms with E-state index in [4.69, 9.17) is 0 Å². The summed E-state index contributed by atoms with van der Waals surface area (Å²) in [5.41, 5.74) is 2.33. The van der Waals surface area contributed by atoms with E-state index in [1.54, 1.807) is 43.3 Å². The first kappa shape index (κ1) is 12.3. The van der Waals surface area contributed by atoms with Crippen LogP contribution in [-0.2, 0) is 4.74 Å². The molecule has 2 aromatic rings. The van der Waals surface area contributed by atoms with E-state index in [1.165, 1.54) is 7.11 Å². The Morgan fingerprint density at radius 1 is 1.11 bits per heavy atom. The highest BCUT2D eigenvalue weighted by Gasteiger charge is 2.09. The number of ether oxygens (including phenoxy) is 1. The predicted molar refractivity (Wildman–Crippen MR) is 67.9 cm³/mol. The molecular weight excluding hydrogens is 231 g/mol. The van der Waals surface area contributed by atoms with Gasteiger partial charge >= 0.3 is 5.97 Å². The van der Waals surface area contributed by atoms with Crippen LogP contribution in [0, 0.1) is 12.7 Å². The van der Waals surface area contributed by atoms with Crippen LogP contribution < -0.4 is 0 Å². The first-order valence-corrected chi connectivity index (χ1v) is 5.57. The molecule has 0 unspecified atom stereocenters. The molecule has 0 aliphatic heterocycles. The third-order valence-electron chi connectivity index (χ3n) is 2.81. The highest BCUT2D eigenvalue weighted by Crippen LogP contribution is 2.25. The van der Waals surface area contributed by atoms with Crippen molar-refractivity contribution >= 4 is 5.97 Å². The summed E-state index contributed by atoms with van der Waals surface area (Å²) in [7, 11) is 1.33. The molecule has 0 saturated heterocycles. The average molecular weight is 244 g/mol. The van der Waals surface area contributed by atoms with Crippen LogP contribution in [0.1, 0.15) is 15.9 Å². The Morgan fingerprint density at radius 3 is 2.39 bits per heavy atom. The molecule has 2 nitrogen and oxygen atoms in total. The molecule has 2 aromatic carbocycles. The number of benzene rings is 2. The van der Waals surface area contributed by atoms with Crippen LogP contribution in [-0.4, -0.2) is 13.1 Å². The van der Waals surface area contributed by atoms with Gasteiger partial charge in [0, 0.05) is 5.56 Å². The van der Waals surface area contributed by atoms with E-state index in [9.17, 15) is 9.18 Å². The summed E-state index contributed by atoms with van der Waals surface area (Å²) in [5.74, 6) is -0.630. The molecule has 0 aliphatic carbocycles. The Kier molecular flexibility index (Phi) is 3.42. The lowest BCUT2D eigenvalue weighted by Gasteiger charge is -2.06. The van der Waals surface area contributed by atoms with E-state index in [0.717, 1.165) is 5.56 Å². The highest BCUT2D eigenvalue weighted by atomic mass is 19.1. The molecule has 0 radical (unpaired) electrons. The molecule has 0 aromatic heterocycles. The molecule has 0 amide bonds. The van der Waals surface area contributed by atoms with Crippen molar-refractivity contribution in [2.24, 2.45) is 0 Å². The summed E-state index contributed by atoms with van der Waals surface area (Å²) >= 11 is 0. The Morgan fingerprint density at radius 2 is 1.78 bits per heavy atom. The standard InChI is InChI=1S/C15H13FO2/c1-10-4-3-5-13(14(10)16)11-6-8-12(9-7-11)15(17)18-2/h3-9H,1-2H3. The summed E-state index contributed by atoms with van der Waals surface area (Å²) in [6, 6.07) is 11.9. The number of hydrogen-bond donors (Lipinski definition) is 0. The van der Waals surface area contributed by atoms with Crippen LogP contribution in [0.5, 0.6) is 0 Å². The molecule has 92 valence electrons. The molecule has 0 saturated carbocycles. The number of hydrogen-bond acceptors (Lipinski definition) is 2. The second-order valence-electron chi connectivity index (χ2n) is 4.01. The van der Waals surface area contributed by atoms with Gasteiger partial charge in [0.2, 0.25) is 0 Å². The molecule has 0 heterocycles. The zero-order valence-corrected chi connectivity index (χ0v) is 10.2. The smallest absolute Gasteiger partial charge is 0.337 e. The first-order valence-electron chi connectivity index (χ1n) is 5.57. The number of halogens is 1. The second-order valence-corrected chi connectivity index (χ2v) is 4.01. The van der Waals surface area contributed by atoms with Gasteiger partial charge in [-0.05, 0) is 30.2 Å². The molecule has 0 fully saturated rings. The largest absolute Gasteiger partial charge is 0.465 e. The fraction of sp³-hybridized carbons (Fsp3) is 0.133. The summed E-state index contributed by atoms with van der Waals surface area (Å²) < 4.78 is 18.5. The monoisotopic (exact) mass is 244 g/mol. The normalized spacial score (nSPS) is 10.2. The van der Waals surface area contributed by atoms with Crippen molar-refractivity contribution in [3.8, 4) is 11.1 Å². The molecule has 0 N–H and O–H groups in total. The van der Waals surface area contributed by atoms with Crippen molar-refractivity contribution in [3.63, 3.8) is 0 Å². The van der Waals surface area contributed by atoms with Crippen LogP contribution in [0.2, 0.25) is 0 Å². The van der Waals surface area contributed by atoms with Crippen molar-refractivity contribution in [3.05, 3.63) is 59.4 Å². The van der Waals surface area contributed by atoms with Crippen molar-refractivity contribution < 1.29 is 13.9 Å². The zero-order chi connectivity index (χ0) is 13.1. The average Bonchev–Trinajstić information content (AvgIpc) is 2.41. The Hall–Kier alpha value is -2.16. The van der Waals surface area contributed by atoms with E-state index < -0.39 is 5.97 Å². The minimum absolute atomic E-state index is 0.233. The van der Waals surface area contributed by atoms with Crippen molar-refractivity contribution in [2.45, 2.75) is 6.92 Å². The van der Waals surface area contributed by atoms with Gasteiger partial charge in [-0.1, -0.05) is 30.3 Å². The maximum Gasteiger partial charge on any atom is 0.337 e. The minimum Gasteiger partial charge on any atom is -0.465 e. The molecular formula is C15H13FO2. The van der Waals surface area contributed by atoms with Crippen LogP contribution in [0.4, 0.5) is 4.39 Å². The van der Waals surface area contributed by atoms with E-state index in [2.05, 4.69) is 4.74 Å². The Labute approximate surface area is 105 Å². The van der Waals surface area contributed by atoms with E-state index in [0.29, 0.717) is 16.7 Å². The van der Waals surface area contributed by atoms with Crippen LogP contribution in [0.15, 0.2) is 42.5 Å². The fourth-order valence-electron chi connectivity index (χ4n) is 1.77. The lowest BCUT2D eigenvalue weighted by molar-refractivity contribution is 0.0601. The molecule has 2 rings (SSSR count).